The van der Waals surface area contributed by atoms with Crippen LogP contribution >= 0.6 is 23.1 Å². The molecule has 0 spiro atoms. The number of hydrogen-bond donors (Lipinski definition) is 1. The first-order valence-electron chi connectivity index (χ1n) is 7.19. The summed E-state index contributed by atoms with van der Waals surface area (Å²) >= 11 is 4.02. The molecule has 0 aliphatic heterocycles. The molecule has 1 saturated carbocycles. The molecule has 0 amide bonds. The number of nitrogens with one attached hydrogen (secondary N) is 1. The van der Waals surface area contributed by atoms with Gasteiger partial charge < -0.3 is 5.32 Å². The van der Waals surface area contributed by atoms with Crippen molar-refractivity contribution in [2.24, 2.45) is 0 Å². The van der Waals surface area contributed by atoms with Crippen molar-refractivity contribution in [1.29, 1.82) is 0 Å². The van der Waals surface area contributed by atoms with Crippen LogP contribution in [0.15, 0.2) is 0 Å². The summed E-state index contributed by atoms with van der Waals surface area (Å²) in [6, 6.07) is 1.30. The Morgan fingerprint density at radius 3 is 3.06 bits per heavy atom. The first kappa shape index (κ1) is 12.9. The molecule has 100 valence electrons. The largest absolute Gasteiger partial charge is 0.305 e. The Morgan fingerprint density at radius 1 is 1.44 bits per heavy atom. The maximum absolute atomic E-state index is 4.90. The minimum atomic E-state index is 0.521. The molecule has 1 unspecified atom stereocenters. The van der Waals surface area contributed by atoms with Crippen molar-refractivity contribution in [3.05, 3.63) is 15.6 Å². The lowest BCUT2D eigenvalue weighted by Crippen LogP contribution is -2.24. The zero-order valence-electron chi connectivity index (χ0n) is 11.1. The molecule has 18 heavy (non-hydrogen) atoms. The van der Waals surface area contributed by atoms with E-state index in [4.69, 9.17) is 4.98 Å². The van der Waals surface area contributed by atoms with Crippen molar-refractivity contribution in [2.45, 2.75) is 57.5 Å². The summed E-state index contributed by atoms with van der Waals surface area (Å²) in [7, 11) is 0. The van der Waals surface area contributed by atoms with Gasteiger partial charge in [0.25, 0.3) is 0 Å². The molecule has 2 nitrogen and oxygen atoms in total. The first-order valence-corrected chi connectivity index (χ1v) is 9.16. The van der Waals surface area contributed by atoms with Gasteiger partial charge in [-0.25, -0.2) is 4.98 Å². The predicted octanol–water partition coefficient (Wildman–Crippen LogP) is 3.57. The number of rotatable bonds is 7. The van der Waals surface area contributed by atoms with Gasteiger partial charge in [0, 0.05) is 10.9 Å². The molecule has 1 aromatic rings. The molecule has 2 aliphatic carbocycles. The fourth-order valence-electron chi connectivity index (χ4n) is 2.52. The van der Waals surface area contributed by atoms with Crippen LogP contribution in [0.25, 0.3) is 0 Å². The van der Waals surface area contributed by atoms with Crippen LogP contribution in [0.1, 0.15) is 54.2 Å². The fourth-order valence-corrected chi connectivity index (χ4v) is 4.46. The predicted molar refractivity (Wildman–Crippen MR) is 80.7 cm³/mol. The van der Waals surface area contributed by atoms with Crippen LogP contribution in [0.4, 0.5) is 0 Å². The van der Waals surface area contributed by atoms with Crippen LogP contribution < -0.4 is 5.32 Å². The van der Waals surface area contributed by atoms with Crippen LogP contribution in [0.2, 0.25) is 0 Å². The van der Waals surface area contributed by atoms with E-state index in [0.29, 0.717) is 6.04 Å². The van der Waals surface area contributed by atoms with Crippen molar-refractivity contribution in [3.8, 4) is 0 Å². The van der Waals surface area contributed by atoms with Gasteiger partial charge in [-0.05, 0) is 50.0 Å². The number of nitrogens with zero attached hydrogens (tertiary/aromatic N) is 1. The topological polar surface area (TPSA) is 24.9 Å². The molecule has 2 aliphatic rings. The highest BCUT2D eigenvalue weighted by Gasteiger charge is 2.28. The molecule has 0 bridgehead atoms. The number of hydrogen-bond acceptors (Lipinski definition) is 4. The van der Waals surface area contributed by atoms with Crippen LogP contribution in [0, 0.1) is 0 Å². The highest BCUT2D eigenvalue weighted by Crippen LogP contribution is 2.34. The van der Waals surface area contributed by atoms with Crippen LogP contribution in [0.5, 0.6) is 0 Å². The fraction of sp³-hybridized carbons (Fsp3) is 0.786. The Bertz CT molecular complexity index is 377. The average molecular weight is 282 g/mol. The zero-order chi connectivity index (χ0) is 12.4. The maximum Gasteiger partial charge on any atom is 0.110 e. The Morgan fingerprint density at radius 2 is 2.33 bits per heavy atom. The van der Waals surface area contributed by atoms with Crippen molar-refractivity contribution >= 4 is 23.1 Å². The number of thioether (sulfide) groups is 1. The quantitative estimate of drug-likeness (QED) is 0.774. The lowest BCUT2D eigenvalue weighted by molar-refractivity contribution is 0.516. The Balaban J connectivity index is 1.65. The van der Waals surface area contributed by atoms with Crippen LogP contribution in [-0.4, -0.2) is 22.5 Å². The number of fused-ring (bicyclic) bond motifs is 1. The third-order valence-electron chi connectivity index (χ3n) is 3.68. The van der Waals surface area contributed by atoms with Gasteiger partial charge in [-0.1, -0.05) is 6.92 Å². The van der Waals surface area contributed by atoms with E-state index in [0.717, 1.165) is 6.04 Å². The van der Waals surface area contributed by atoms with Gasteiger partial charge in [0.15, 0.2) is 0 Å². The lowest BCUT2D eigenvalue weighted by atomic mass is 10.2. The van der Waals surface area contributed by atoms with Gasteiger partial charge in [-0.2, -0.15) is 11.8 Å². The Labute approximate surface area is 118 Å². The zero-order valence-corrected chi connectivity index (χ0v) is 12.7. The van der Waals surface area contributed by atoms with E-state index in [1.54, 1.807) is 4.88 Å². The molecule has 1 fully saturated rings. The summed E-state index contributed by atoms with van der Waals surface area (Å²) in [5.74, 6) is 2.48. The summed E-state index contributed by atoms with van der Waals surface area (Å²) in [5.41, 5.74) is 1.40. The first-order chi connectivity index (χ1) is 8.86. The number of aromatic nitrogens is 1. The van der Waals surface area contributed by atoms with Crippen molar-refractivity contribution < 1.29 is 0 Å². The molecule has 1 aromatic heterocycles. The smallest absolute Gasteiger partial charge is 0.110 e. The van der Waals surface area contributed by atoms with Crippen LogP contribution in [0.3, 0.4) is 0 Å². The minimum Gasteiger partial charge on any atom is -0.305 e. The molecule has 0 aromatic carbocycles. The second-order valence-electron chi connectivity index (χ2n) is 5.25. The summed E-state index contributed by atoms with van der Waals surface area (Å²) in [6.07, 6.45) is 7.77. The molecule has 4 heteroatoms. The number of aryl methyl sites for hydroxylation is 2. The van der Waals surface area contributed by atoms with E-state index in [2.05, 4.69) is 12.2 Å². The molecule has 1 atom stereocenters. The molecule has 0 radical (unpaired) electrons. The van der Waals surface area contributed by atoms with Crippen molar-refractivity contribution in [3.63, 3.8) is 0 Å². The molecule has 1 N–H and O–H groups in total. The third-order valence-corrected chi connectivity index (χ3v) is 5.88. The summed E-state index contributed by atoms with van der Waals surface area (Å²) in [5, 5.41) is 5.15. The van der Waals surface area contributed by atoms with Crippen molar-refractivity contribution in [1.82, 2.24) is 10.3 Å². The summed E-state index contributed by atoms with van der Waals surface area (Å²) < 4.78 is 0. The molecule has 0 saturated heterocycles. The van der Waals surface area contributed by atoms with Crippen molar-refractivity contribution in [2.75, 3.05) is 11.5 Å². The van der Waals surface area contributed by atoms with E-state index in [9.17, 15) is 0 Å². The minimum absolute atomic E-state index is 0.521. The van der Waals surface area contributed by atoms with Gasteiger partial charge in [-0.15, -0.1) is 11.3 Å². The lowest BCUT2D eigenvalue weighted by Gasteiger charge is -2.15. The van der Waals surface area contributed by atoms with E-state index < -0.39 is 0 Å². The average Bonchev–Trinajstić information content (AvgIpc) is 2.92. The SMILES string of the molecule is CCSCCC(NC1CC1)c1nc2c(s1)CCC2. The molecular formula is C14H22N2S2. The monoisotopic (exact) mass is 282 g/mol. The van der Waals surface area contributed by atoms with Gasteiger partial charge in [0.2, 0.25) is 0 Å². The normalized spacial score (nSPS) is 20.1. The van der Waals surface area contributed by atoms with Gasteiger partial charge in [0.05, 0.1) is 11.7 Å². The van der Waals surface area contributed by atoms with Gasteiger partial charge in [0.1, 0.15) is 5.01 Å². The van der Waals surface area contributed by atoms with Gasteiger partial charge in [-0.3, -0.25) is 0 Å². The second-order valence-corrected chi connectivity index (χ2v) is 7.76. The van der Waals surface area contributed by atoms with E-state index in [1.807, 2.05) is 23.1 Å². The standard InChI is InChI=1S/C14H22N2S2/c1-2-17-9-8-12(15-10-6-7-10)14-16-11-4-3-5-13(11)18-14/h10,12,15H,2-9H2,1H3. The molecule has 3 rings (SSSR count). The van der Waals surface area contributed by atoms with Crippen LogP contribution in [-0.2, 0) is 12.8 Å². The highest BCUT2D eigenvalue weighted by atomic mass is 32.2. The second kappa shape index (κ2) is 5.93. The van der Waals surface area contributed by atoms with E-state index >= 15 is 0 Å². The molecular weight excluding hydrogens is 260 g/mol. The Kier molecular flexibility index (Phi) is 4.27. The summed E-state index contributed by atoms with van der Waals surface area (Å²) in [4.78, 5) is 6.46. The van der Waals surface area contributed by atoms with E-state index in [-0.39, 0.29) is 0 Å². The third kappa shape index (κ3) is 3.09. The Hall–Kier alpha value is -0.0600. The highest BCUT2D eigenvalue weighted by molar-refractivity contribution is 7.99. The van der Waals surface area contributed by atoms with Gasteiger partial charge >= 0.3 is 0 Å². The van der Waals surface area contributed by atoms with E-state index in [1.165, 1.54) is 60.7 Å². The molecule has 1 heterocycles. The maximum atomic E-state index is 4.90. The number of thiazole rings is 1. The summed E-state index contributed by atoms with van der Waals surface area (Å²) in [6.45, 7) is 2.24.